The zero-order valence-electron chi connectivity index (χ0n) is 12.2. The average molecular weight is 282 g/mol. The molecule has 2 heterocycles. The SMILES string of the molecule is CCN(Cc1ccc(N)cc1)c1cc(C)nc2ncnn12. The number of hydrogen-bond donors (Lipinski definition) is 1. The molecule has 0 fully saturated rings. The van der Waals surface area contributed by atoms with E-state index in [1.165, 1.54) is 11.9 Å². The van der Waals surface area contributed by atoms with E-state index in [0.717, 1.165) is 30.3 Å². The molecule has 6 heteroatoms. The largest absolute Gasteiger partial charge is 0.399 e. The molecule has 2 aromatic heterocycles. The van der Waals surface area contributed by atoms with Gasteiger partial charge in [0.15, 0.2) is 0 Å². The van der Waals surface area contributed by atoms with E-state index in [1.807, 2.05) is 37.3 Å². The van der Waals surface area contributed by atoms with Gasteiger partial charge in [0, 0.05) is 30.5 Å². The summed E-state index contributed by atoms with van der Waals surface area (Å²) in [5.74, 6) is 1.62. The van der Waals surface area contributed by atoms with E-state index in [-0.39, 0.29) is 0 Å². The molecule has 0 amide bonds. The normalized spacial score (nSPS) is 11.0. The minimum atomic E-state index is 0.626. The molecule has 2 N–H and O–H groups in total. The number of hydrogen-bond acceptors (Lipinski definition) is 5. The quantitative estimate of drug-likeness (QED) is 0.741. The van der Waals surface area contributed by atoms with E-state index in [2.05, 4.69) is 26.9 Å². The molecular weight excluding hydrogens is 264 g/mol. The van der Waals surface area contributed by atoms with E-state index >= 15 is 0 Å². The molecule has 3 rings (SSSR count). The lowest BCUT2D eigenvalue weighted by molar-refractivity contribution is 0.773. The lowest BCUT2D eigenvalue weighted by atomic mass is 10.2. The lowest BCUT2D eigenvalue weighted by Gasteiger charge is -2.23. The fourth-order valence-corrected chi connectivity index (χ4v) is 2.33. The molecule has 3 aromatic rings. The second-order valence-electron chi connectivity index (χ2n) is 4.98. The maximum atomic E-state index is 5.74. The van der Waals surface area contributed by atoms with Crippen LogP contribution in [0.25, 0.3) is 5.78 Å². The van der Waals surface area contributed by atoms with Crippen LogP contribution in [-0.4, -0.2) is 26.1 Å². The van der Waals surface area contributed by atoms with Crippen molar-refractivity contribution in [3.8, 4) is 0 Å². The monoisotopic (exact) mass is 282 g/mol. The molecular formula is C15H18N6. The van der Waals surface area contributed by atoms with Crippen LogP contribution in [-0.2, 0) is 6.54 Å². The Hall–Kier alpha value is -2.63. The van der Waals surface area contributed by atoms with Gasteiger partial charge in [-0.2, -0.15) is 14.6 Å². The predicted molar refractivity (Wildman–Crippen MR) is 83.1 cm³/mol. The standard InChI is InChI=1S/C15H18N6/c1-3-20(9-12-4-6-13(16)7-5-12)14-8-11(2)19-15-17-10-18-21(14)15/h4-8,10H,3,9,16H2,1-2H3. The number of nitrogens with zero attached hydrogens (tertiary/aromatic N) is 5. The molecule has 0 spiro atoms. The van der Waals surface area contributed by atoms with Gasteiger partial charge in [-0.05, 0) is 31.5 Å². The van der Waals surface area contributed by atoms with Gasteiger partial charge in [0.05, 0.1) is 0 Å². The Labute approximate surface area is 123 Å². The maximum Gasteiger partial charge on any atom is 0.254 e. The van der Waals surface area contributed by atoms with Gasteiger partial charge in [-0.3, -0.25) is 0 Å². The topological polar surface area (TPSA) is 72.3 Å². The summed E-state index contributed by atoms with van der Waals surface area (Å²) >= 11 is 0. The van der Waals surface area contributed by atoms with Crippen LogP contribution >= 0.6 is 0 Å². The Morgan fingerprint density at radius 3 is 2.71 bits per heavy atom. The van der Waals surface area contributed by atoms with Crippen LogP contribution in [0.15, 0.2) is 36.7 Å². The van der Waals surface area contributed by atoms with Crippen molar-refractivity contribution in [3.05, 3.63) is 47.9 Å². The van der Waals surface area contributed by atoms with Crippen molar-refractivity contribution >= 4 is 17.3 Å². The van der Waals surface area contributed by atoms with Gasteiger partial charge < -0.3 is 10.6 Å². The number of fused-ring (bicyclic) bond motifs is 1. The molecule has 0 bridgehead atoms. The third-order valence-corrected chi connectivity index (χ3v) is 3.42. The Balaban J connectivity index is 1.98. The molecule has 0 aliphatic carbocycles. The summed E-state index contributed by atoms with van der Waals surface area (Å²) in [5, 5.41) is 4.27. The number of aryl methyl sites for hydroxylation is 1. The lowest BCUT2D eigenvalue weighted by Crippen LogP contribution is -2.25. The first-order valence-corrected chi connectivity index (χ1v) is 6.94. The van der Waals surface area contributed by atoms with Gasteiger partial charge in [0.1, 0.15) is 12.1 Å². The van der Waals surface area contributed by atoms with Crippen LogP contribution in [0.5, 0.6) is 0 Å². The summed E-state index contributed by atoms with van der Waals surface area (Å²) in [5.41, 5.74) is 8.65. The van der Waals surface area contributed by atoms with Crippen LogP contribution in [0.2, 0.25) is 0 Å². The Morgan fingerprint density at radius 1 is 1.24 bits per heavy atom. The van der Waals surface area contributed by atoms with Crippen molar-refractivity contribution in [2.24, 2.45) is 0 Å². The van der Waals surface area contributed by atoms with Crippen molar-refractivity contribution in [3.63, 3.8) is 0 Å². The summed E-state index contributed by atoms with van der Waals surface area (Å²) in [7, 11) is 0. The first kappa shape index (κ1) is 13.4. The summed E-state index contributed by atoms with van der Waals surface area (Å²) < 4.78 is 1.77. The predicted octanol–water partition coefficient (Wildman–Crippen LogP) is 2.04. The van der Waals surface area contributed by atoms with Gasteiger partial charge >= 0.3 is 0 Å². The zero-order chi connectivity index (χ0) is 14.8. The van der Waals surface area contributed by atoms with Crippen molar-refractivity contribution in [1.29, 1.82) is 0 Å². The van der Waals surface area contributed by atoms with Crippen molar-refractivity contribution < 1.29 is 0 Å². The highest BCUT2D eigenvalue weighted by Gasteiger charge is 2.12. The number of nitrogens with two attached hydrogens (primary N) is 1. The van der Waals surface area contributed by atoms with Gasteiger partial charge in [-0.15, -0.1) is 0 Å². The molecule has 1 aromatic carbocycles. The molecule has 0 unspecified atom stereocenters. The van der Waals surface area contributed by atoms with Gasteiger partial charge in [-0.25, -0.2) is 4.98 Å². The highest BCUT2D eigenvalue weighted by molar-refractivity contribution is 5.48. The third-order valence-electron chi connectivity index (χ3n) is 3.42. The number of anilines is 2. The molecule has 108 valence electrons. The molecule has 0 radical (unpaired) electrons. The highest BCUT2D eigenvalue weighted by Crippen LogP contribution is 2.19. The van der Waals surface area contributed by atoms with Crippen LogP contribution in [0.1, 0.15) is 18.2 Å². The first-order valence-electron chi connectivity index (χ1n) is 6.94. The molecule has 0 saturated carbocycles. The van der Waals surface area contributed by atoms with Crippen molar-refractivity contribution in [2.45, 2.75) is 20.4 Å². The smallest absolute Gasteiger partial charge is 0.254 e. The van der Waals surface area contributed by atoms with Crippen LogP contribution in [0.3, 0.4) is 0 Å². The number of rotatable bonds is 4. The second-order valence-corrected chi connectivity index (χ2v) is 4.98. The van der Waals surface area contributed by atoms with E-state index < -0.39 is 0 Å². The molecule has 0 atom stereocenters. The van der Waals surface area contributed by atoms with Crippen LogP contribution in [0, 0.1) is 6.92 Å². The van der Waals surface area contributed by atoms with Crippen LogP contribution < -0.4 is 10.6 Å². The zero-order valence-corrected chi connectivity index (χ0v) is 12.2. The number of benzene rings is 1. The van der Waals surface area contributed by atoms with E-state index in [4.69, 9.17) is 5.73 Å². The fraction of sp³-hybridized carbons (Fsp3) is 0.267. The molecule has 0 saturated heterocycles. The average Bonchev–Trinajstić information content (AvgIpc) is 2.94. The maximum absolute atomic E-state index is 5.74. The minimum absolute atomic E-state index is 0.626. The van der Waals surface area contributed by atoms with E-state index in [9.17, 15) is 0 Å². The number of aromatic nitrogens is 4. The van der Waals surface area contributed by atoms with Gasteiger partial charge in [0.25, 0.3) is 5.78 Å². The summed E-state index contributed by atoms with van der Waals surface area (Å²) in [6.45, 7) is 5.74. The number of nitrogen functional groups attached to an aromatic ring is 1. The summed E-state index contributed by atoms with van der Waals surface area (Å²) in [4.78, 5) is 10.8. The third kappa shape index (κ3) is 2.65. The first-order chi connectivity index (χ1) is 10.2. The van der Waals surface area contributed by atoms with E-state index in [0.29, 0.717) is 5.78 Å². The molecule has 6 nitrogen and oxygen atoms in total. The van der Waals surface area contributed by atoms with Gasteiger partial charge in [-0.1, -0.05) is 12.1 Å². The summed E-state index contributed by atoms with van der Waals surface area (Å²) in [6, 6.07) is 9.97. The molecule has 0 aliphatic rings. The summed E-state index contributed by atoms with van der Waals surface area (Å²) in [6.07, 6.45) is 1.53. The van der Waals surface area contributed by atoms with Crippen molar-refractivity contribution in [1.82, 2.24) is 19.6 Å². The fourth-order valence-electron chi connectivity index (χ4n) is 2.33. The Bertz CT molecular complexity index is 746. The van der Waals surface area contributed by atoms with Crippen molar-refractivity contribution in [2.75, 3.05) is 17.2 Å². The Morgan fingerprint density at radius 2 is 2.00 bits per heavy atom. The molecule has 0 aliphatic heterocycles. The van der Waals surface area contributed by atoms with Crippen LogP contribution in [0.4, 0.5) is 11.5 Å². The minimum Gasteiger partial charge on any atom is -0.399 e. The van der Waals surface area contributed by atoms with E-state index in [1.54, 1.807) is 4.52 Å². The molecule has 21 heavy (non-hydrogen) atoms. The highest BCUT2D eigenvalue weighted by atomic mass is 15.4. The Kier molecular flexibility index (Phi) is 3.43. The second kappa shape index (κ2) is 5.40. The van der Waals surface area contributed by atoms with Gasteiger partial charge in [0.2, 0.25) is 0 Å².